The van der Waals surface area contributed by atoms with Crippen molar-refractivity contribution in [1.29, 1.82) is 0 Å². The highest BCUT2D eigenvalue weighted by molar-refractivity contribution is 6.30. The molecule has 1 aromatic carbocycles. The van der Waals surface area contributed by atoms with E-state index in [0.29, 0.717) is 6.54 Å². The maximum atomic E-state index is 14.1. The molecule has 19 heavy (non-hydrogen) atoms. The van der Waals surface area contributed by atoms with E-state index in [4.69, 9.17) is 17.3 Å². The molecule has 0 saturated carbocycles. The van der Waals surface area contributed by atoms with Gasteiger partial charge in [0.2, 0.25) is 0 Å². The Hall–Kier alpha value is -0.640. The van der Waals surface area contributed by atoms with Crippen molar-refractivity contribution in [1.82, 2.24) is 5.32 Å². The number of rotatable bonds is 9. The van der Waals surface area contributed by atoms with Crippen LogP contribution in [0.4, 0.5) is 4.39 Å². The molecule has 0 spiro atoms. The van der Waals surface area contributed by atoms with E-state index in [0.717, 1.165) is 44.2 Å². The van der Waals surface area contributed by atoms with Crippen LogP contribution in [0.25, 0.3) is 0 Å². The standard InChI is InChI=1S/C15H24ClFN2/c1-19-11-3-2-6-12(7-5-10-18)13-8-4-9-14(16)15(13)17/h4,8-9,12,19H,2-3,5-7,10-11,18H2,1H3. The van der Waals surface area contributed by atoms with Crippen LogP contribution in [0, 0.1) is 5.82 Å². The molecule has 108 valence electrons. The number of nitrogens with one attached hydrogen (secondary N) is 1. The van der Waals surface area contributed by atoms with Crippen LogP contribution in [0.3, 0.4) is 0 Å². The maximum Gasteiger partial charge on any atom is 0.145 e. The van der Waals surface area contributed by atoms with Gasteiger partial charge in [-0.25, -0.2) is 4.39 Å². The first-order valence-corrected chi connectivity index (χ1v) is 7.37. The zero-order valence-corrected chi connectivity index (χ0v) is 12.3. The molecular weight excluding hydrogens is 263 g/mol. The Bertz CT molecular complexity index is 371. The van der Waals surface area contributed by atoms with Crippen LogP contribution in [-0.2, 0) is 0 Å². The van der Waals surface area contributed by atoms with E-state index in [1.54, 1.807) is 6.07 Å². The Kier molecular flexibility index (Phi) is 8.03. The summed E-state index contributed by atoms with van der Waals surface area (Å²) < 4.78 is 14.1. The van der Waals surface area contributed by atoms with Crippen molar-refractivity contribution in [3.05, 3.63) is 34.6 Å². The molecule has 1 aromatic rings. The number of benzene rings is 1. The maximum absolute atomic E-state index is 14.1. The molecule has 0 aromatic heterocycles. The van der Waals surface area contributed by atoms with Gasteiger partial charge >= 0.3 is 0 Å². The molecular formula is C15H24ClFN2. The highest BCUT2D eigenvalue weighted by atomic mass is 35.5. The highest BCUT2D eigenvalue weighted by Crippen LogP contribution is 2.31. The second kappa shape index (κ2) is 9.29. The summed E-state index contributed by atoms with van der Waals surface area (Å²) in [7, 11) is 1.95. The van der Waals surface area contributed by atoms with Crippen LogP contribution in [0.1, 0.15) is 43.6 Å². The predicted molar refractivity (Wildman–Crippen MR) is 80.2 cm³/mol. The van der Waals surface area contributed by atoms with Gasteiger partial charge in [-0.15, -0.1) is 0 Å². The normalized spacial score (nSPS) is 12.6. The van der Waals surface area contributed by atoms with Crippen molar-refractivity contribution >= 4 is 11.6 Å². The van der Waals surface area contributed by atoms with E-state index in [1.165, 1.54) is 0 Å². The Morgan fingerprint density at radius 2 is 2.00 bits per heavy atom. The van der Waals surface area contributed by atoms with Gasteiger partial charge in [-0.1, -0.05) is 30.2 Å². The summed E-state index contributed by atoms with van der Waals surface area (Å²) in [4.78, 5) is 0. The van der Waals surface area contributed by atoms with Gasteiger partial charge in [0.15, 0.2) is 0 Å². The second-order valence-corrected chi connectivity index (χ2v) is 5.28. The summed E-state index contributed by atoms with van der Waals surface area (Å²) >= 11 is 5.87. The van der Waals surface area contributed by atoms with Crippen LogP contribution in [0.2, 0.25) is 5.02 Å². The first kappa shape index (κ1) is 16.4. The summed E-state index contributed by atoms with van der Waals surface area (Å²) in [6.45, 7) is 1.65. The first-order chi connectivity index (χ1) is 9.20. The molecule has 0 aliphatic heterocycles. The van der Waals surface area contributed by atoms with Gasteiger partial charge in [0, 0.05) is 0 Å². The minimum Gasteiger partial charge on any atom is -0.330 e. The first-order valence-electron chi connectivity index (χ1n) is 6.99. The number of unbranched alkanes of at least 4 members (excludes halogenated alkanes) is 1. The monoisotopic (exact) mass is 286 g/mol. The van der Waals surface area contributed by atoms with Gasteiger partial charge in [-0.2, -0.15) is 0 Å². The Morgan fingerprint density at radius 1 is 1.26 bits per heavy atom. The van der Waals surface area contributed by atoms with E-state index in [1.807, 2.05) is 19.2 Å². The number of halogens is 2. The lowest BCUT2D eigenvalue weighted by Gasteiger charge is -2.18. The lowest BCUT2D eigenvalue weighted by molar-refractivity contribution is 0.493. The second-order valence-electron chi connectivity index (χ2n) is 4.87. The van der Waals surface area contributed by atoms with E-state index in [9.17, 15) is 4.39 Å². The molecule has 3 N–H and O–H groups in total. The largest absolute Gasteiger partial charge is 0.330 e. The molecule has 0 bridgehead atoms. The van der Waals surface area contributed by atoms with Crippen molar-refractivity contribution in [3.63, 3.8) is 0 Å². The van der Waals surface area contributed by atoms with Crippen molar-refractivity contribution < 1.29 is 4.39 Å². The summed E-state index contributed by atoms with van der Waals surface area (Å²) in [5.74, 6) is -0.0427. The van der Waals surface area contributed by atoms with Crippen LogP contribution >= 0.6 is 11.6 Å². The van der Waals surface area contributed by atoms with Crippen LogP contribution < -0.4 is 11.1 Å². The lowest BCUT2D eigenvalue weighted by Crippen LogP contribution is -2.10. The van der Waals surface area contributed by atoms with Gasteiger partial charge in [-0.3, -0.25) is 0 Å². The quantitative estimate of drug-likeness (QED) is 0.680. The summed E-state index contributed by atoms with van der Waals surface area (Å²) in [6, 6.07) is 5.27. The van der Waals surface area contributed by atoms with Gasteiger partial charge in [0.1, 0.15) is 5.82 Å². The molecule has 1 unspecified atom stereocenters. The molecule has 4 heteroatoms. The Labute approximate surface area is 120 Å². The molecule has 1 atom stereocenters. The van der Waals surface area contributed by atoms with E-state index in [-0.39, 0.29) is 16.8 Å². The zero-order valence-electron chi connectivity index (χ0n) is 11.6. The molecule has 1 rings (SSSR count). The summed E-state index contributed by atoms with van der Waals surface area (Å²) in [5.41, 5.74) is 6.31. The molecule has 0 fully saturated rings. The minimum atomic E-state index is -0.264. The molecule has 2 nitrogen and oxygen atoms in total. The molecule has 0 radical (unpaired) electrons. The number of nitrogens with two attached hydrogens (primary N) is 1. The van der Waals surface area contributed by atoms with Gasteiger partial charge in [-0.05, 0) is 63.4 Å². The van der Waals surface area contributed by atoms with Crippen molar-refractivity contribution in [3.8, 4) is 0 Å². The fraction of sp³-hybridized carbons (Fsp3) is 0.600. The molecule has 0 aliphatic rings. The Morgan fingerprint density at radius 3 is 2.68 bits per heavy atom. The van der Waals surface area contributed by atoms with E-state index < -0.39 is 0 Å². The van der Waals surface area contributed by atoms with Crippen molar-refractivity contribution in [2.75, 3.05) is 20.1 Å². The smallest absolute Gasteiger partial charge is 0.145 e. The SMILES string of the molecule is CNCCCCC(CCCN)c1cccc(Cl)c1F. The summed E-state index contributed by atoms with van der Waals surface area (Å²) in [6.07, 6.45) is 5.02. The Balaban J connectivity index is 2.69. The van der Waals surface area contributed by atoms with E-state index >= 15 is 0 Å². The molecule has 0 aliphatic carbocycles. The van der Waals surface area contributed by atoms with Crippen LogP contribution in [0.5, 0.6) is 0 Å². The molecule has 0 heterocycles. The highest BCUT2D eigenvalue weighted by Gasteiger charge is 2.16. The third-order valence-corrected chi connectivity index (χ3v) is 3.70. The van der Waals surface area contributed by atoms with Gasteiger partial charge in [0.25, 0.3) is 0 Å². The average molecular weight is 287 g/mol. The molecule has 0 saturated heterocycles. The average Bonchev–Trinajstić information content (AvgIpc) is 2.42. The van der Waals surface area contributed by atoms with Crippen molar-refractivity contribution in [2.45, 2.75) is 38.0 Å². The minimum absolute atomic E-state index is 0.213. The third kappa shape index (κ3) is 5.47. The van der Waals surface area contributed by atoms with Gasteiger partial charge < -0.3 is 11.1 Å². The fourth-order valence-corrected chi connectivity index (χ4v) is 2.53. The summed E-state index contributed by atoms with van der Waals surface area (Å²) in [5, 5.41) is 3.34. The number of hydrogen-bond donors (Lipinski definition) is 2. The fourth-order valence-electron chi connectivity index (χ4n) is 2.35. The van der Waals surface area contributed by atoms with Crippen LogP contribution in [-0.4, -0.2) is 20.1 Å². The molecule has 0 amide bonds. The van der Waals surface area contributed by atoms with Gasteiger partial charge in [0.05, 0.1) is 5.02 Å². The zero-order chi connectivity index (χ0) is 14.1. The predicted octanol–water partition coefficient (Wildman–Crippen LogP) is 3.69. The van der Waals surface area contributed by atoms with E-state index in [2.05, 4.69) is 5.32 Å². The van der Waals surface area contributed by atoms with Crippen LogP contribution in [0.15, 0.2) is 18.2 Å². The lowest BCUT2D eigenvalue weighted by atomic mass is 9.89. The topological polar surface area (TPSA) is 38.0 Å². The van der Waals surface area contributed by atoms with Crippen molar-refractivity contribution in [2.24, 2.45) is 5.73 Å². The number of hydrogen-bond acceptors (Lipinski definition) is 2. The third-order valence-electron chi connectivity index (χ3n) is 3.41.